The Morgan fingerprint density at radius 3 is 2.54 bits per heavy atom. The first-order chi connectivity index (χ1) is 11.7. The monoisotopic (exact) mass is 347 g/mol. The van der Waals surface area contributed by atoms with Gasteiger partial charge in [-0.1, -0.05) is 36.7 Å². The average molecular weight is 347 g/mol. The largest absolute Gasteiger partial charge is 0.370 e. The second-order valence-electron chi connectivity index (χ2n) is 6.32. The first-order valence-electron chi connectivity index (χ1n) is 8.79. The molecule has 0 bridgehead atoms. The predicted octanol–water partition coefficient (Wildman–Crippen LogP) is 3.56. The summed E-state index contributed by atoms with van der Waals surface area (Å²) in [6, 6.07) is 8.03. The van der Waals surface area contributed by atoms with Crippen LogP contribution in [0.15, 0.2) is 24.3 Å². The molecule has 0 radical (unpaired) electrons. The topological polar surface area (TPSA) is 52.7 Å². The Bertz CT molecular complexity index is 585. The van der Waals surface area contributed by atoms with Gasteiger partial charge in [0.15, 0.2) is 0 Å². The van der Waals surface area contributed by atoms with E-state index in [-0.39, 0.29) is 11.1 Å². The number of carbonyl (C=O) groups is 2. The molecule has 0 aromatic heterocycles. The van der Waals surface area contributed by atoms with Crippen molar-refractivity contribution in [3.63, 3.8) is 0 Å². The SMILES string of the molecule is O=C(CCN1CCSC1=O)Nc1ccccc1N1CCCCCC1. The molecular formula is C18H25N3O2S. The highest BCUT2D eigenvalue weighted by atomic mass is 32.2. The van der Waals surface area contributed by atoms with Gasteiger partial charge in [-0.05, 0) is 25.0 Å². The number of thioether (sulfide) groups is 1. The quantitative estimate of drug-likeness (QED) is 0.885. The van der Waals surface area contributed by atoms with Crippen LogP contribution in [0.2, 0.25) is 0 Å². The summed E-state index contributed by atoms with van der Waals surface area (Å²) in [6.07, 6.45) is 5.33. The maximum absolute atomic E-state index is 12.3. The molecule has 0 spiro atoms. The van der Waals surface area contributed by atoms with Crippen molar-refractivity contribution in [2.24, 2.45) is 0 Å². The molecule has 2 aliphatic heterocycles. The van der Waals surface area contributed by atoms with E-state index in [0.29, 0.717) is 13.0 Å². The third kappa shape index (κ3) is 4.44. The molecule has 0 unspecified atom stereocenters. The van der Waals surface area contributed by atoms with Gasteiger partial charge in [-0.2, -0.15) is 0 Å². The number of anilines is 2. The summed E-state index contributed by atoms with van der Waals surface area (Å²) in [5, 5.41) is 3.13. The summed E-state index contributed by atoms with van der Waals surface area (Å²) in [6.45, 7) is 3.35. The van der Waals surface area contributed by atoms with Crippen LogP contribution in [0, 0.1) is 0 Å². The molecule has 5 nitrogen and oxygen atoms in total. The van der Waals surface area contributed by atoms with E-state index in [4.69, 9.17) is 0 Å². The van der Waals surface area contributed by atoms with Crippen LogP contribution in [-0.4, -0.2) is 48.0 Å². The molecule has 24 heavy (non-hydrogen) atoms. The molecule has 3 rings (SSSR count). The Morgan fingerprint density at radius 2 is 1.83 bits per heavy atom. The van der Waals surface area contributed by atoms with Gasteiger partial charge >= 0.3 is 0 Å². The Kier molecular flexibility index (Phi) is 6.01. The van der Waals surface area contributed by atoms with E-state index in [1.54, 1.807) is 4.90 Å². The summed E-state index contributed by atoms with van der Waals surface area (Å²) < 4.78 is 0. The number of nitrogens with zero attached hydrogens (tertiary/aromatic N) is 2. The van der Waals surface area contributed by atoms with E-state index in [9.17, 15) is 9.59 Å². The van der Waals surface area contributed by atoms with Gasteiger partial charge in [0.05, 0.1) is 11.4 Å². The van der Waals surface area contributed by atoms with Gasteiger partial charge in [0, 0.05) is 38.4 Å². The molecule has 2 heterocycles. The summed E-state index contributed by atoms with van der Waals surface area (Å²) in [5.41, 5.74) is 1.99. The normalized spacial score (nSPS) is 18.6. The number of nitrogens with one attached hydrogen (secondary N) is 1. The van der Waals surface area contributed by atoms with E-state index in [2.05, 4.69) is 16.3 Å². The Morgan fingerprint density at radius 1 is 1.08 bits per heavy atom. The third-order valence-corrected chi connectivity index (χ3v) is 5.47. The molecular weight excluding hydrogens is 322 g/mol. The fourth-order valence-corrected chi connectivity index (χ4v) is 4.10. The lowest BCUT2D eigenvalue weighted by atomic mass is 10.2. The molecule has 1 aromatic rings. The van der Waals surface area contributed by atoms with Crippen molar-refractivity contribution in [3.05, 3.63) is 24.3 Å². The van der Waals surface area contributed by atoms with E-state index >= 15 is 0 Å². The van der Waals surface area contributed by atoms with Gasteiger partial charge in [0.2, 0.25) is 5.91 Å². The highest BCUT2D eigenvalue weighted by molar-refractivity contribution is 8.13. The molecule has 2 saturated heterocycles. The summed E-state index contributed by atoms with van der Waals surface area (Å²) in [7, 11) is 0. The van der Waals surface area contributed by atoms with Crippen LogP contribution in [0.3, 0.4) is 0 Å². The molecule has 1 N–H and O–H groups in total. The smallest absolute Gasteiger partial charge is 0.281 e. The van der Waals surface area contributed by atoms with E-state index in [1.807, 2.05) is 18.2 Å². The van der Waals surface area contributed by atoms with Gasteiger partial charge in [-0.25, -0.2) is 0 Å². The van der Waals surface area contributed by atoms with Crippen LogP contribution in [0.5, 0.6) is 0 Å². The molecule has 0 aliphatic carbocycles. The fraction of sp³-hybridized carbons (Fsp3) is 0.556. The van der Waals surface area contributed by atoms with Crippen LogP contribution in [0.25, 0.3) is 0 Å². The van der Waals surface area contributed by atoms with Crippen molar-refractivity contribution in [3.8, 4) is 0 Å². The number of hydrogen-bond donors (Lipinski definition) is 1. The maximum Gasteiger partial charge on any atom is 0.281 e. The van der Waals surface area contributed by atoms with Gasteiger partial charge < -0.3 is 15.1 Å². The van der Waals surface area contributed by atoms with Crippen LogP contribution < -0.4 is 10.2 Å². The average Bonchev–Trinajstić information content (AvgIpc) is 2.83. The zero-order chi connectivity index (χ0) is 16.8. The van der Waals surface area contributed by atoms with Crippen LogP contribution in [-0.2, 0) is 4.79 Å². The van der Waals surface area contributed by atoms with Crippen LogP contribution in [0.1, 0.15) is 32.1 Å². The molecule has 2 fully saturated rings. The minimum absolute atomic E-state index is 0.0260. The summed E-state index contributed by atoms with van der Waals surface area (Å²) >= 11 is 1.33. The van der Waals surface area contributed by atoms with Crippen molar-refractivity contribution < 1.29 is 9.59 Å². The number of rotatable bonds is 5. The molecule has 0 atom stereocenters. The number of para-hydroxylation sites is 2. The predicted molar refractivity (Wildman–Crippen MR) is 99.8 cm³/mol. The second-order valence-corrected chi connectivity index (χ2v) is 7.36. The van der Waals surface area contributed by atoms with Crippen LogP contribution >= 0.6 is 11.8 Å². The summed E-state index contributed by atoms with van der Waals surface area (Å²) in [5.74, 6) is 0.806. The second kappa shape index (κ2) is 8.42. The fourth-order valence-electron chi connectivity index (χ4n) is 3.24. The van der Waals surface area contributed by atoms with Crippen molar-refractivity contribution in [2.75, 3.05) is 42.1 Å². The zero-order valence-corrected chi connectivity index (χ0v) is 14.8. The number of benzene rings is 1. The van der Waals surface area contributed by atoms with Gasteiger partial charge in [0.1, 0.15) is 0 Å². The number of hydrogen-bond acceptors (Lipinski definition) is 4. The molecule has 130 valence electrons. The zero-order valence-electron chi connectivity index (χ0n) is 14.0. The minimum Gasteiger partial charge on any atom is -0.370 e. The van der Waals surface area contributed by atoms with Crippen molar-refractivity contribution in [1.82, 2.24) is 4.90 Å². The van der Waals surface area contributed by atoms with Gasteiger partial charge in [-0.15, -0.1) is 0 Å². The Labute approximate surface area is 147 Å². The molecule has 1 aromatic carbocycles. The highest BCUT2D eigenvalue weighted by Gasteiger charge is 2.21. The third-order valence-electron chi connectivity index (χ3n) is 4.58. The molecule has 2 aliphatic rings. The number of carbonyl (C=O) groups excluding carboxylic acids is 2. The highest BCUT2D eigenvalue weighted by Crippen LogP contribution is 2.28. The molecule has 2 amide bonds. The molecule has 0 saturated carbocycles. The molecule has 6 heteroatoms. The van der Waals surface area contributed by atoms with Gasteiger partial charge in [-0.3, -0.25) is 9.59 Å². The van der Waals surface area contributed by atoms with Crippen LogP contribution in [0.4, 0.5) is 16.2 Å². The first-order valence-corrected chi connectivity index (χ1v) is 9.78. The van der Waals surface area contributed by atoms with Crippen molar-refractivity contribution >= 4 is 34.3 Å². The van der Waals surface area contributed by atoms with Gasteiger partial charge in [0.25, 0.3) is 5.24 Å². The van der Waals surface area contributed by atoms with Crippen molar-refractivity contribution in [1.29, 1.82) is 0 Å². The Hall–Kier alpha value is -1.69. The maximum atomic E-state index is 12.3. The Balaban J connectivity index is 1.59. The first kappa shape index (κ1) is 17.1. The van der Waals surface area contributed by atoms with E-state index in [0.717, 1.165) is 36.8 Å². The van der Waals surface area contributed by atoms with E-state index in [1.165, 1.54) is 37.4 Å². The lowest BCUT2D eigenvalue weighted by Crippen LogP contribution is -2.29. The minimum atomic E-state index is -0.0260. The lowest BCUT2D eigenvalue weighted by molar-refractivity contribution is -0.116. The van der Waals surface area contributed by atoms with Crippen molar-refractivity contribution in [2.45, 2.75) is 32.1 Å². The standard InChI is InChI=1S/C18H25N3O2S/c22-17(9-12-21-13-14-24-18(21)23)19-15-7-3-4-8-16(15)20-10-5-1-2-6-11-20/h3-4,7-8H,1-2,5-6,9-14H2,(H,19,22). The number of amides is 2. The van der Waals surface area contributed by atoms with E-state index < -0.39 is 0 Å². The lowest BCUT2D eigenvalue weighted by Gasteiger charge is -2.25. The summed E-state index contributed by atoms with van der Waals surface area (Å²) in [4.78, 5) is 28.0.